The fraction of sp³-hybridized carbons (Fsp3) is 0.261. The largest absolute Gasteiger partial charge is 0.348 e. The third-order valence-electron chi connectivity index (χ3n) is 4.56. The van der Waals surface area contributed by atoms with Gasteiger partial charge in [-0.3, -0.25) is 14.6 Å². The third-order valence-corrected chi connectivity index (χ3v) is 4.56. The number of nitrogens with one attached hydrogen (secondary N) is 2. The van der Waals surface area contributed by atoms with Crippen LogP contribution in [0.2, 0.25) is 0 Å². The number of nitrogens with zero attached hydrogens (tertiary/aromatic N) is 1. The molecule has 0 radical (unpaired) electrons. The van der Waals surface area contributed by atoms with Gasteiger partial charge < -0.3 is 10.6 Å². The predicted molar refractivity (Wildman–Crippen MR) is 112 cm³/mol. The fourth-order valence-corrected chi connectivity index (χ4v) is 2.87. The van der Waals surface area contributed by atoms with Gasteiger partial charge in [-0.05, 0) is 37.6 Å². The Balaban J connectivity index is 1.91. The van der Waals surface area contributed by atoms with Gasteiger partial charge in [0.25, 0.3) is 5.91 Å². The number of anilines is 1. The molecule has 2 aromatic carbocycles. The molecule has 0 saturated carbocycles. The number of aromatic nitrogens is 1. The van der Waals surface area contributed by atoms with E-state index in [9.17, 15) is 9.59 Å². The molecule has 0 bridgehead atoms. The summed E-state index contributed by atoms with van der Waals surface area (Å²) in [6.45, 7) is 8.01. The van der Waals surface area contributed by atoms with Crippen LogP contribution in [0.15, 0.2) is 48.5 Å². The normalized spacial score (nSPS) is 10.9. The van der Waals surface area contributed by atoms with Crippen molar-refractivity contribution >= 4 is 28.4 Å². The molecule has 0 aliphatic carbocycles. The van der Waals surface area contributed by atoms with Gasteiger partial charge in [-0.1, -0.05) is 49.7 Å². The van der Waals surface area contributed by atoms with Crippen LogP contribution >= 0.6 is 0 Å². The maximum Gasteiger partial charge on any atom is 0.252 e. The maximum atomic E-state index is 12.9. The number of aryl methyl sites for hydroxylation is 2. The minimum atomic E-state index is -0.197. The van der Waals surface area contributed by atoms with Crippen LogP contribution in [-0.4, -0.2) is 16.8 Å². The first-order valence-electron chi connectivity index (χ1n) is 9.39. The van der Waals surface area contributed by atoms with Crippen LogP contribution in [0.5, 0.6) is 0 Å². The van der Waals surface area contributed by atoms with Crippen molar-refractivity contribution < 1.29 is 9.59 Å². The maximum absolute atomic E-state index is 12.9. The van der Waals surface area contributed by atoms with Gasteiger partial charge in [0.1, 0.15) is 0 Å². The molecule has 5 heteroatoms. The molecule has 3 aromatic rings. The summed E-state index contributed by atoms with van der Waals surface area (Å²) < 4.78 is 0. The Hall–Kier alpha value is -3.21. The zero-order chi connectivity index (χ0) is 20.3. The first kappa shape index (κ1) is 19.5. The second-order valence-electron chi connectivity index (χ2n) is 7.36. The molecule has 0 aliphatic heterocycles. The van der Waals surface area contributed by atoms with E-state index in [4.69, 9.17) is 0 Å². The van der Waals surface area contributed by atoms with E-state index in [1.54, 1.807) is 12.1 Å². The summed E-state index contributed by atoms with van der Waals surface area (Å²) in [6, 6.07) is 15.3. The van der Waals surface area contributed by atoms with E-state index >= 15 is 0 Å². The molecule has 1 heterocycles. The number of amides is 2. The molecule has 3 rings (SSSR count). The summed E-state index contributed by atoms with van der Waals surface area (Å²) in [6.07, 6.45) is 0. The molecule has 0 saturated heterocycles. The van der Waals surface area contributed by atoms with Crippen molar-refractivity contribution in [3.63, 3.8) is 0 Å². The van der Waals surface area contributed by atoms with Crippen molar-refractivity contribution in [1.82, 2.24) is 10.3 Å². The van der Waals surface area contributed by atoms with Gasteiger partial charge in [0.15, 0.2) is 0 Å². The minimum absolute atomic E-state index is 0.0991. The van der Waals surface area contributed by atoms with Crippen molar-refractivity contribution in [2.24, 2.45) is 5.92 Å². The van der Waals surface area contributed by atoms with Gasteiger partial charge in [-0.25, -0.2) is 0 Å². The molecule has 5 nitrogen and oxygen atoms in total. The van der Waals surface area contributed by atoms with Gasteiger partial charge >= 0.3 is 0 Å². The fourth-order valence-electron chi connectivity index (χ4n) is 2.87. The average Bonchev–Trinajstić information content (AvgIpc) is 2.66. The van der Waals surface area contributed by atoms with Crippen molar-refractivity contribution in [2.45, 2.75) is 34.2 Å². The lowest BCUT2D eigenvalue weighted by molar-refractivity contribution is -0.118. The van der Waals surface area contributed by atoms with E-state index in [-0.39, 0.29) is 17.7 Å². The van der Waals surface area contributed by atoms with E-state index < -0.39 is 0 Å². The molecule has 0 spiro atoms. The molecule has 2 N–H and O–H groups in total. The highest BCUT2D eigenvalue weighted by molar-refractivity contribution is 6.08. The summed E-state index contributed by atoms with van der Waals surface area (Å²) in [5, 5.41) is 6.59. The van der Waals surface area contributed by atoms with Crippen molar-refractivity contribution in [2.75, 3.05) is 5.32 Å². The van der Waals surface area contributed by atoms with Crippen LogP contribution in [0.4, 0.5) is 5.69 Å². The Bertz CT molecular complexity index is 1020. The Morgan fingerprint density at radius 2 is 1.71 bits per heavy atom. The molecule has 28 heavy (non-hydrogen) atoms. The number of hydrogen-bond donors (Lipinski definition) is 2. The molecule has 0 atom stereocenters. The van der Waals surface area contributed by atoms with Crippen LogP contribution in [-0.2, 0) is 11.3 Å². The molecule has 0 aliphatic rings. The van der Waals surface area contributed by atoms with E-state index in [0.717, 1.165) is 16.6 Å². The quantitative estimate of drug-likeness (QED) is 0.695. The standard InChI is InChI=1S/C23H25N3O2/c1-14(2)22(27)26-18-11-20(19-10-7-16(4)25-21(19)12-18)23(28)24-13-17-8-5-15(3)6-9-17/h5-12,14H,13H2,1-4H3,(H,24,28)(H,26,27). The molecular formula is C23H25N3O2. The van der Waals surface area contributed by atoms with E-state index in [1.807, 2.05) is 64.1 Å². The minimum Gasteiger partial charge on any atom is -0.348 e. The molecular weight excluding hydrogens is 350 g/mol. The van der Waals surface area contributed by atoms with Gasteiger partial charge in [0.05, 0.1) is 11.1 Å². The van der Waals surface area contributed by atoms with Crippen molar-refractivity contribution in [1.29, 1.82) is 0 Å². The van der Waals surface area contributed by atoms with Gasteiger partial charge in [-0.2, -0.15) is 0 Å². The Kier molecular flexibility index (Phi) is 5.73. The number of rotatable bonds is 5. The van der Waals surface area contributed by atoms with E-state index in [0.29, 0.717) is 23.3 Å². The van der Waals surface area contributed by atoms with E-state index in [2.05, 4.69) is 15.6 Å². The first-order valence-corrected chi connectivity index (χ1v) is 9.39. The molecule has 144 valence electrons. The van der Waals surface area contributed by atoms with Gasteiger partial charge in [0, 0.05) is 29.2 Å². The van der Waals surface area contributed by atoms with E-state index in [1.165, 1.54) is 5.56 Å². The zero-order valence-corrected chi connectivity index (χ0v) is 16.7. The molecule has 2 amide bonds. The Morgan fingerprint density at radius 1 is 1.00 bits per heavy atom. The summed E-state index contributed by atoms with van der Waals surface area (Å²) in [4.78, 5) is 29.5. The van der Waals surface area contributed by atoms with Gasteiger partial charge in [0.2, 0.25) is 5.91 Å². The summed E-state index contributed by atoms with van der Waals surface area (Å²) in [5.74, 6) is -0.449. The highest BCUT2D eigenvalue weighted by atomic mass is 16.2. The molecule has 0 fully saturated rings. The number of carbonyl (C=O) groups excluding carboxylic acids is 2. The number of benzene rings is 2. The van der Waals surface area contributed by atoms with Crippen molar-refractivity contribution in [3.8, 4) is 0 Å². The summed E-state index contributed by atoms with van der Waals surface area (Å²) in [7, 11) is 0. The summed E-state index contributed by atoms with van der Waals surface area (Å²) in [5.41, 5.74) is 4.81. The SMILES string of the molecule is Cc1ccc(CNC(=O)c2cc(NC(=O)C(C)C)cc3nc(C)ccc23)cc1. The smallest absolute Gasteiger partial charge is 0.252 e. The van der Waals surface area contributed by atoms with Crippen LogP contribution in [0, 0.1) is 19.8 Å². The second-order valence-corrected chi connectivity index (χ2v) is 7.36. The first-order chi connectivity index (χ1) is 13.3. The monoisotopic (exact) mass is 375 g/mol. The van der Waals surface area contributed by atoms with Crippen LogP contribution < -0.4 is 10.6 Å². The van der Waals surface area contributed by atoms with Crippen molar-refractivity contribution in [3.05, 3.63) is 70.9 Å². The lowest BCUT2D eigenvalue weighted by Crippen LogP contribution is -2.24. The van der Waals surface area contributed by atoms with Gasteiger partial charge in [-0.15, -0.1) is 0 Å². The lowest BCUT2D eigenvalue weighted by atomic mass is 10.0. The second kappa shape index (κ2) is 8.21. The molecule has 0 unspecified atom stereocenters. The average molecular weight is 375 g/mol. The predicted octanol–water partition coefficient (Wildman–Crippen LogP) is 4.38. The number of carbonyl (C=O) groups is 2. The van der Waals surface area contributed by atoms with Crippen LogP contribution in [0.25, 0.3) is 10.9 Å². The summed E-state index contributed by atoms with van der Waals surface area (Å²) >= 11 is 0. The Labute approximate surface area is 165 Å². The third kappa shape index (κ3) is 4.55. The van der Waals surface area contributed by atoms with Crippen LogP contribution in [0.3, 0.4) is 0 Å². The lowest BCUT2D eigenvalue weighted by Gasteiger charge is -2.13. The topological polar surface area (TPSA) is 71.1 Å². The number of fused-ring (bicyclic) bond motifs is 1. The Morgan fingerprint density at radius 3 is 2.39 bits per heavy atom. The number of pyridine rings is 1. The number of hydrogen-bond acceptors (Lipinski definition) is 3. The van der Waals surface area contributed by atoms with Crippen LogP contribution in [0.1, 0.15) is 41.0 Å². The highest BCUT2D eigenvalue weighted by Gasteiger charge is 2.15. The molecule has 1 aromatic heterocycles. The zero-order valence-electron chi connectivity index (χ0n) is 16.7. The highest BCUT2D eigenvalue weighted by Crippen LogP contribution is 2.24.